The third-order valence-electron chi connectivity index (χ3n) is 4.35. The van der Waals surface area contributed by atoms with Crippen LogP contribution < -0.4 is 10.1 Å². The van der Waals surface area contributed by atoms with Crippen LogP contribution in [0.4, 0.5) is 11.5 Å². The molecule has 0 spiro atoms. The van der Waals surface area contributed by atoms with Crippen molar-refractivity contribution in [2.75, 3.05) is 11.9 Å². The Labute approximate surface area is 157 Å². The number of pyridine rings is 1. The molecule has 0 aliphatic heterocycles. The molecule has 2 aromatic heterocycles. The van der Waals surface area contributed by atoms with Crippen molar-refractivity contribution in [1.29, 1.82) is 0 Å². The van der Waals surface area contributed by atoms with E-state index in [0.29, 0.717) is 6.61 Å². The highest BCUT2D eigenvalue weighted by Gasteiger charge is 2.14. The number of anilines is 2. The highest BCUT2D eigenvalue weighted by molar-refractivity contribution is 5.80. The highest BCUT2D eigenvalue weighted by atomic mass is 16.5. The second-order valence-electron chi connectivity index (χ2n) is 6.37. The number of phenols is 1. The van der Waals surface area contributed by atoms with Crippen LogP contribution >= 0.6 is 0 Å². The molecular weight excluding hydrogens is 338 g/mol. The van der Waals surface area contributed by atoms with Gasteiger partial charge in [-0.15, -0.1) is 0 Å². The van der Waals surface area contributed by atoms with Crippen molar-refractivity contribution >= 4 is 17.2 Å². The summed E-state index contributed by atoms with van der Waals surface area (Å²) in [5.41, 5.74) is 4.72. The van der Waals surface area contributed by atoms with Crippen LogP contribution in [0, 0.1) is 6.92 Å². The number of hydrogen-bond acceptors (Lipinski definition) is 4. The minimum atomic E-state index is 0.236. The van der Waals surface area contributed by atoms with Crippen molar-refractivity contribution in [2.24, 2.45) is 0 Å². The van der Waals surface area contributed by atoms with E-state index in [-0.39, 0.29) is 5.75 Å². The van der Waals surface area contributed by atoms with Gasteiger partial charge in [-0.2, -0.15) is 0 Å². The Balaban J connectivity index is 1.79. The Hall–Kier alpha value is -3.47. The number of aromatic nitrogens is 2. The number of nitrogens with zero attached hydrogens (tertiary/aromatic N) is 2. The highest BCUT2D eigenvalue weighted by Crippen LogP contribution is 2.32. The predicted molar refractivity (Wildman–Crippen MR) is 108 cm³/mol. The fraction of sp³-hybridized carbons (Fsp3) is 0.136. The third-order valence-corrected chi connectivity index (χ3v) is 4.35. The maximum atomic E-state index is 9.60. The first kappa shape index (κ1) is 17.0. The first-order chi connectivity index (χ1) is 13.1. The summed E-state index contributed by atoms with van der Waals surface area (Å²) >= 11 is 0. The average Bonchev–Trinajstić information content (AvgIpc) is 3.01. The smallest absolute Gasteiger partial charge is 0.143 e. The molecule has 0 saturated carbocycles. The molecule has 27 heavy (non-hydrogen) atoms. The van der Waals surface area contributed by atoms with Crippen LogP contribution in [0.1, 0.15) is 12.5 Å². The fourth-order valence-corrected chi connectivity index (χ4v) is 3.02. The Morgan fingerprint density at radius 3 is 2.48 bits per heavy atom. The van der Waals surface area contributed by atoms with Gasteiger partial charge in [0.25, 0.3) is 0 Å². The summed E-state index contributed by atoms with van der Waals surface area (Å²) < 4.78 is 7.55. The zero-order chi connectivity index (χ0) is 18.8. The van der Waals surface area contributed by atoms with Gasteiger partial charge in [-0.05, 0) is 80.1 Å². The largest absolute Gasteiger partial charge is 0.508 e. The number of nitrogens with one attached hydrogen (secondary N) is 1. The van der Waals surface area contributed by atoms with Crippen molar-refractivity contribution in [2.45, 2.75) is 13.8 Å². The average molecular weight is 359 g/mol. The summed E-state index contributed by atoms with van der Waals surface area (Å²) in [5.74, 6) is 1.95. The van der Waals surface area contributed by atoms with Crippen LogP contribution in [0.3, 0.4) is 0 Å². The van der Waals surface area contributed by atoms with E-state index in [1.165, 1.54) is 0 Å². The van der Waals surface area contributed by atoms with Gasteiger partial charge in [0, 0.05) is 17.4 Å². The maximum absolute atomic E-state index is 9.60. The number of hydrogen-bond donors (Lipinski definition) is 2. The maximum Gasteiger partial charge on any atom is 0.143 e. The third kappa shape index (κ3) is 3.44. The Bertz CT molecular complexity index is 1070. The lowest BCUT2D eigenvalue weighted by Crippen LogP contribution is -1.97. The van der Waals surface area contributed by atoms with Gasteiger partial charge < -0.3 is 15.2 Å². The molecule has 0 radical (unpaired) electrons. The Morgan fingerprint density at radius 2 is 1.78 bits per heavy atom. The number of ether oxygens (including phenoxy) is 1. The Kier molecular flexibility index (Phi) is 4.42. The summed E-state index contributed by atoms with van der Waals surface area (Å²) in [6.45, 7) is 4.66. The van der Waals surface area contributed by atoms with Gasteiger partial charge in [-0.1, -0.05) is 0 Å². The second-order valence-corrected chi connectivity index (χ2v) is 6.37. The van der Waals surface area contributed by atoms with Crippen molar-refractivity contribution < 1.29 is 9.84 Å². The molecule has 4 aromatic rings. The van der Waals surface area contributed by atoms with E-state index in [9.17, 15) is 5.11 Å². The predicted octanol–water partition coefficient (Wildman–Crippen LogP) is 5.16. The standard InChI is InChI=1S/C22H21N3O2/c1-3-27-19-10-6-17(7-11-19)23-22-21(16-4-8-18(26)9-5-16)24-20-14-15(2)12-13-25(20)22/h4-14,23,26H,3H2,1-2H3. The van der Waals surface area contributed by atoms with Crippen LogP contribution in [0.5, 0.6) is 11.5 Å². The van der Waals surface area contributed by atoms with Gasteiger partial charge in [0.2, 0.25) is 0 Å². The van der Waals surface area contributed by atoms with Gasteiger partial charge in [-0.3, -0.25) is 4.40 Å². The summed E-state index contributed by atoms with van der Waals surface area (Å²) in [4.78, 5) is 4.81. The lowest BCUT2D eigenvalue weighted by molar-refractivity contribution is 0.340. The van der Waals surface area contributed by atoms with Gasteiger partial charge in [0.05, 0.1) is 6.61 Å². The number of rotatable bonds is 5. The molecule has 0 unspecified atom stereocenters. The molecule has 4 rings (SSSR count). The molecule has 0 fully saturated rings. The number of imidazole rings is 1. The number of aryl methyl sites for hydroxylation is 1. The molecule has 2 N–H and O–H groups in total. The summed E-state index contributed by atoms with van der Waals surface area (Å²) in [6, 6.07) is 19.0. The first-order valence-electron chi connectivity index (χ1n) is 8.92. The lowest BCUT2D eigenvalue weighted by atomic mass is 10.1. The number of aromatic hydroxyl groups is 1. The quantitative estimate of drug-likeness (QED) is 0.517. The van der Waals surface area contributed by atoms with E-state index in [1.54, 1.807) is 12.1 Å². The van der Waals surface area contributed by atoms with E-state index in [4.69, 9.17) is 9.72 Å². The van der Waals surface area contributed by atoms with E-state index in [0.717, 1.165) is 39.7 Å². The minimum Gasteiger partial charge on any atom is -0.508 e. The van der Waals surface area contributed by atoms with Gasteiger partial charge in [-0.25, -0.2) is 4.98 Å². The minimum absolute atomic E-state index is 0.236. The normalized spacial score (nSPS) is 10.9. The molecule has 5 nitrogen and oxygen atoms in total. The number of fused-ring (bicyclic) bond motifs is 1. The van der Waals surface area contributed by atoms with E-state index in [2.05, 4.69) is 18.3 Å². The Morgan fingerprint density at radius 1 is 1.04 bits per heavy atom. The lowest BCUT2D eigenvalue weighted by Gasteiger charge is -2.10. The van der Waals surface area contributed by atoms with Gasteiger partial charge in [0.1, 0.15) is 28.7 Å². The zero-order valence-electron chi connectivity index (χ0n) is 15.3. The molecule has 2 heterocycles. The molecule has 0 saturated heterocycles. The van der Waals surface area contributed by atoms with Crippen LogP contribution in [0.25, 0.3) is 16.9 Å². The molecule has 2 aromatic carbocycles. The molecule has 0 amide bonds. The molecule has 0 aliphatic rings. The van der Waals surface area contributed by atoms with E-state index < -0.39 is 0 Å². The molecule has 5 heteroatoms. The SMILES string of the molecule is CCOc1ccc(Nc2c(-c3ccc(O)cc3)nc3cc(C)ccn23)cc1. The molecular formula is C22H21N3O2. The van der Waals surface area contributed by atoms with E-state index >= 15 is 0 Å². The summed E-state index contributed by atoms with van der Waals surface area (Å²) in [5, 5.41) is 13.1. The monoisotopic (exact) mass is 359 g/mol. The second kappa shape index (κ2) is 7.03. The topological polar surface area (TPSA) is 58.8 Å². The number of benzene rings is 2. The van der Waals surface area contributed by atoms with Crippen LogP contribution in [-0.2, 0) is 0 Å². The van der Waals surface area contributed by atoms with Gasteiger partial charge >= 0.3 is 0 Å². The van der Waals surface area contributed by atoms with Crippen molar-refractivity contribution in [1.82, 2.24) is 9.38 Å². The molecule has 136 valence electrons. The number of phenolic OH excluding ortho intramolecular Hbond substituents is 1. The summed E-state index contributed by atoms with van der Waals surface area (Å²) in [6.07, 6.45) is 2.01. The van der Waals surface area contributed by atoms with Crippen LogP contribution in [-0.4, -0.2) is 21.1 Å². The van der Waals surface area contributed by atoms with Crippen molar-refractivity contribution in [3.63, 3.8) is 0 Å². The van der Waals surface area contributed by atoms with Gasteiger partial charge in [0.15, 0.2) is 0 Å². The van der Waals surface area contributed by atoms with Crippen LogP contribution in [0.2, 0.25) is 0 Å². The van der Waals surface area contributed by atoms with Crippen molar-refractivity contribution in [3.8, 4) is 22.8 Å². The first-order valence-corrected chi connectivity index (χ1v) is 8.92. The van der Waals surface area contributed by atoms with Crippen molar-refractivity contribution in [3.05, 3.63) is 72.4 Å². The fourth-order valence-electron chi connectivity index (χ4n) is 3.02. The molecule has 0 atom stereocenters. The molecule has 0 bridgehead atoms. The summed E-state index contributed by atoms with van der Waals surface area (Å²) in [7, 11) is 0. The van der Waals surface area contributed by atoms with E-state index in [1.807, 2.05) is 60.0 Å². The zero-order valence-corrected chi connectivity index (χ0v) is 15.3. The molecule has 0 aliphatic carbocycles. The van der Waals surface area contributed by atoms with Crippen LogP contribution in [0.15, 0.2) is 66.9 Å².